The van der Waals surface area contributed by atoms with Crippen LogP contribution in [0.4, 0.5) is 0 Å². The SMILES string of the molecule is CCCCCn1nnc(CC#N)c1CCOC. The van der Waals surface area contributed by atoms with Gasteiger partial charge in [0.2, 0.25) is 0 Å². The molecule has 94 valence electrons. The van der Waals surface area contributed by atoms with Crippen molar-refractivity contribution >= 4 is 0 Å². The van der Waals surface area contributed by atoms with E-state index in [4.69, 9.17) is 10.00 Å². The third kappa shape index (κ3) is 4.16. The number of nitrogens with zero attached hydrogens (tertiary/aromatic N) is 4. The third-order valence-corrected chi connectivity index (χ3v) is 2.68. The van der Waals surface area contributed by atoms with Crippen LogP contribution in [0.3, 0.4) is 0 Å². The lowest BCUT2D eigenvalue weighted by Gasteiger charge is -2.06. The molecule has 0 spiro atoms. The number of unbranched alkanes of at least 4 members (excludes halogenated alkanes) is 2. The first kappa shape index (κ1) is 13.7. The summed E-state index contributed by atoms with van der Waals surface area (Å²) in [6.07, 6.45) is 4.58. The van der Waals surface area contributed by atoms with Gasteiger partial charge in [-0.25, -0.2) is 4.68 Å². The van der Waals surface area contributed by atoms with Crippen LogP contribution in [0, 0.1) is 11.3 Å². The molecule has 0 aliphatic carbocycles. The molecule has 0 radical (unpaired) electrons. The number of nitriles is 1. The van der Waals surface area contributed by atoms with E-state index in [-0.39, 0.29) is 0 Å². The van der Waals surface area contributed by atoms with Crippen molar-refractivity contribution in [3.63, 3.8) is 0 Å². The number of hydrogen-bond acceptors (Lipinski definition) is 4. The van der Waals surface area contributed by atoms with Crippen molar-refractivity contribution < 1.29 is 4.74 Å². The Balaban J connectivity index is 2.70. The fourth-order valence-electron chi connectivity index (χ4n) is 1.74. The second kappa shape index (κ2) is 7.80. The zero-order valence-electron chi connectivity index (χ0n) is 10.6. The Labute approximate surface area is 102 Å². The monoisotopic (exact) mass is 236 g/mol. The van der Waals surface area contributed by atoms with E-state index < -0.39 is 0 Å². The minimum atomic E-state index is 0.326. The van der Waals surface area contributed by atoms with E-state index in [1.54, 1.807) is 7.11 Å². The van der Waals surface area contributed by atoms with Gasteiger partial charge in [-0.3, -0.25) is 0 Å². The van der Waals surface area contributed by atoms with Crippen molar-refractivity contribution in [3.05, 3.63) is 11.4 Å². The molecule has 0 aliphatic rings. The smallest absolute Gasteiger partial charge is 0.100 e. The van der Waals surface area contributed by atoms with E-state index in [9.17, 15) is 0 Å². The second-order valence-corrected chi connectivity index (χ2v) is 3.99. The summed E-state index contributed by atoms with van der Waals surface area (Å²) in [5.41, 5.74) is 1.84. The minimum absolute atomic E-state index is 0.326. The van der Waals surface area contributed by atoms with Gasteiger partial charge in [0.05, 0.1) is 24.8 Å². The van der Waals surface area contributed by atoms with E-state index >= 15 is 0 Å². The highest BCUT2D eigenvalue weighted by Gasteiger charge is 2.11. The van der Waals surface area contributed by atoms with E-state index in [2.05, 4.69) is 23.3 Å². The van der Waals surface area contributed by atoms with Gasteiger partial charge in [0, 0.05) is 20.1 Å². The van der Waals surface area contributed by atoms with Gasteiger partial charge in [-0.1, -0.05) is 25.0 Å². The number of aromatic nitrogens is 3. The van der Waals surface area contributed by atoms with Crippen LogP contribution in [-0.2, 0) is 24.1 Å². The van der Waals surface area contributed by atoms with Crippen molar-refractivity contribution in [2.45, 2.75) is 45.6 Å². The molecular weight excluding hydrogens is 216 g/mol. The van der Waals surface area contributed by atoms with E-state index in [0.717, 1.165) is 30.8 Å². The van der Waals surface area contributed by atoms with Crippen LogP contribution in [0.15, 0.2) is 0 Å². The normalized spacial score (nSPS) is 10.4. The Bertz CT molecular complexity index is 367. The van der Waals surface area contributed by atoms with Crippen molar-refractivity contribution in [3.8, 4) is 6.07 Å². The number of methoxy groups -OCH3 is 1. The number of aryl methyl sites for hydroxylation is 1. The first-order valence-electron chi connectivity index (χ1n) is 6.10. The molecular formula is C12H20N4O. The van der Waals surface area contributed by atoms with Gasteiger partial charge in [-0.2, -0.15) is 5.26 Å². The molecule has 0 unspecified atom stereocenters. The highest BCUT2D eigenvalue weighted by molar-refractivity contribution is 5.14. The largest absolute Gasteiger partial charge is 0.384 e. The summed E-state index contributed by atoms with van der Waals surface area (Å²) < 4.78 is 7.00. The Hall–Kier alpha value is -1.41. The summed E-state index contributed by atoms with van der Waals surface area (Å²) in [5.74, 6) is 0. The van der Waals surface area contributed by atoms with Crippen LogP contribution in [0.1, 0.15) is 37.6 Å². The molecule has 0 amide bonds. The first-order valence-corrected chi connectivity index (χ1v) is 6.10. The molecule has 0 saturated carbocycles. The zero-order chi connectivity index (χ0) is 12.5. The van der Waals surface area contributed by atoms with Gasteiger partial charge in [-0.15, -0.1) is 5.10 Å². The maximum absolute atomic E-state index is 8.73. The van der Waals surface area contributed by atoms with Gasteiger partial charge in [-0.05, 0) is 6.42 Å². The predicted octanol–water partition coefficient (Wildman–Crippen LogP) is 1.72. The highest BCUT2D eigenvalue weighted by Crippen LogP contribution is 2.09. The molecule has 0 saturated heterocycles. The summed E-state index contributed by atoms with van der Waals surface area (Å²) in [5, 5.41) is 16.9. The van der Waals surface area contributed by atoms with Crippen LogP contribution < -0.4 is 0 Å². The summed E-state index contributed by atoms with van der Waals surface area (Å²) >= 11 is 0. The molecule has 0 fully saturated rings. The Morgan fingerprint density at radius 3 is 2.88 bits per heavy atom. The molecule has 0 bridgehead atoms. The average molecular weight is 236 g/mol. The highest BCUT2D eigenvalue weighted by atomic mass is 16.5. The zero-order valence-corrected chi connectivity index (χ0v) is 10.6. The maximum Gasteiger partial charge on any atom is 0.100 e. The van der Waals surface area contributed by atoms with E-state index in [0.29, 0.717) is 13.0 Å². The predicted molar refractivity (Wildman–Crippen MR) is 64.4 cm³/mol. The van der Waals surface area contributed by atoms with Crippen molar-refractivity contribution in [1.82, 2.24) is 15.0 Å². The topological polar surface area (TPSA) is 63.7 Å². The second-order valence-electron chi connectivity index (χ2n) is 3.99. The summed E-state index contributed by atoms with van der Waals surface area (Å²) in [7, 11) is 1.68. The molecule has 0 aromatic carbocycles. The molecule has 17 heavy (non-hydrogen) atoms. The van der Waals surface area contributed by atoms with E-state index in [1.165, 1.54) is 12.8 Å². The third-order valence-electron chi connectivity index (χ3n) is 2.68. The average Bonchev–Trinajstić information content (AvgIpc) is 2.70. The maximum atomic E-state index is 8.73. The fourth-order valence-corrected chi connectivity index (χ4v) is 1.74. The van der Waals surface area contributed by atoms with Crippen LogP contribution in [0.25, 0.3) is 0 Å². The Kier molecular flexibility index (Phi) is 6.26. The quantitative estimate of drug-likeness (QED) is 0.645. The summed E-state index contributed by atoms with van der Waals surface area (Å²) in [6, 6.07) is 2.12. The molecule has 0 atom stereocenters. The fraction of sp³-hybridized carbons (Fsp3) is 0.750. The van der Waals surface area contributed by atoms with Crippen molar-refractivity contribution in [2.75, 3.05) is 13.7 Å². The summed E-state index contributed by atoms with van der Waals surface area (Å²) in [6.45, 7) is 3.69. The van der Waals surface area contributed by atoms with Gasteiger partial charge >= 0.3 is 0 Å². The molecule has 0 aliphatic heterocycles. The van der Waals surface area contributed by atoms with Crippen LogP contribution >= 0.6 is 0 Å². The van der Waals surface area contributed by atoms with E-state index in [1.807, 2.05) is 4.68 Å². The minimum Gasteiger partial charge on any atom is -0.384 e. The molecule has 0 N–H and O–H groups in total. The summed E-state index contributed by atoms with van der Waals surface area (Å²) in [4.78, 5) is 0. The lowest BCUT2D eigenvalue weighted by molar-refractivity contribution is 0.200. The first-order chi connectivity index (χ1) is 8.33. The molecule has 5 heteroatoms. The number of hydrogen-bond donors (Lipinski definition) is 0. The number of rotatable bonds is 8. The lowest BCUT2D eigenvalue weighted by Crippen LogP contribution is -2.09. The molecule has 1 rings (SSSR count). The molecule has 5 nitrogen and oxygen atoms in total. The Morgan fingerprint density at radius 2 is 2.24 bits per heavy atom. The standard InChI is InChI=1S/C12H20N4O/c1-3-4-5-9-16-12(7-10-17-2)11(6-8-13)14-15-16/h3-7,9-10H2,1-2H3. The van der Waals surface area contributed by atoms with Crippen LogP contribution in [0.2, 0.25) is 0 Å². The van der Waals surface area contributed by atoms with Crippen LogP contribution in [-0.4, -0.2) is 28.7 Å². The Morgan fingerprint density at radius 1 is 1.41 bits per heavy atom. The molecule has 1 aromatic rings. The lowest BCUT2D eigenvalue weighted by atomic mass is 10.2. The molecule has 1 heterocycles. The van der Waals surface area contributed by atoms with Gasteiger partial charge in [0.1, 0.15) is 5.69 Å². The van der Waals surface area contributed by atoms with Gasteiger partial charge in [0.25, 0.3) is 0 Å². The van der Waals surface area contributed by atoms with Gasteiger partial charge < -0.3 is 4.74 Å². The number of ether oxygens (including phenoxy) is 1. The van der Waals surface area contributed by atoms with Crippen LogP contribution in [0.5, 0.6) is 0 Å². The van der Waals surface area contributed by atoms with Gasteiger partial charge in [0.15, 0.2) is 0 Å². The molecule has 1 aromatic heterocycles. The van der Waals surface area contributed by atoms with Crippen molar-refractivity contribution in [1.29, 1.82) is 5.26 Å². The van der Waals surface area contributed by atoms with Crippen molar-refractivity contribution in [2.24, 2.45) is 0 Å².